The van der Waals surface area contributed by atoms with Crippen LogP contribution >= 0.6 is 0 Å². The fraction of sp³-hybridized carbons (Fsp3) is 0.333. The molecule has 2 N–H and O–H groups in total. The molecule has 2 aromatic rings. The molecule has 0 bridgehead atoms. The van der Waals surface area contributed by atoms with Crippen LogP contribution in [0.15, 0.2) is 30.7 Å². The molecular weight excluding hydrogens is 228 g/mol. The molecule has 1 aliphatic heterocycles. The van der Waals surface area contributed by atoms with E-state index in [4.69, 9.17) is 5.73 Å². The smallest absolute Gasteiger partial charge is 0.225 e. The van der Waals surface area contributed by atoms with Crippen LogP contribution < -0.4 is 10.6 Å². The Morgan fingerprint density at radius 1 is 1.17 bits per heavy atom. The van der Waals surface area contributed by atoms with Crippen LogP contribution in [0.1, 0.15) is 24.6 Å². The van der Waals surface area contributed by atoms with Crippen molar-refractivity contribution in [2.45, 2.75) is 18.9 Å². The molecule has 1 saturated heterocycles. The first kappa shape index (κ1) is 10.9. The second-order valence-electron chi connectivity index (χ2n) is 4.24. The molecule has 0 radical (unpaired) electrons. The molecule has 0 aromatic carbocycles. The molecule has 0 spiro atoms. The standard InChI is InChI=1S/C12H14N6/c13-11-14-7-4-9(17-11)10-3-1-8-18(10)12-15-5-2-6-16-12/h2,4-7,10H,1,3,8H2,(H2,13,14,17)/t10-/m0/s1. The molecule has 1 aliphatic rings. The van der Waals surface area contributed by atoms with Gasteiger partial charge >= 0.3 is 0 Å². The normalized spacial score (nSPS) is 19.1. The lowest BCUT2D eigenvalue weighted by atomic mass is 10.1. The lowest BCUT2D eigenvalue weighted by Crippen LogP contribution is -2.25. The van der Waals surface area contributed by atoms with Crippen LogP contribution in [-0.4, -0.2) is 26.5 Å². The topological polar surface area (TPSA) is 80.8 Å². The highest BCUT2D eigenvalue weighted by molar-refractivity contribution is 5.36. The highest BCUT2D eigenvalue weighted by atomic mass is 15.3. The van der Waals surface area contributed by atoms with Crippen LogP contribution in [-0.2, 0) is 0 Å². The number of hydrogen-bond donors (Lipinski definition) is 1. The minimum atomic E-state index is 0.192. The molecule has 2 aromatic heterocycles. The minimum Gasteiger partial charge on any atom is -0.368 e. The Morgan fingerprint density at radius 2 is 2.00 bits per heavy atom. The maximum absolute atomic E-state index is 5.64. The molecule has 92 valence electrons. The van der Waals surface area contributed by atoms with Crippen LogP contribution in [0.4, 0.5) is 11.9 Å². The highest BCUT2D eigenvalue weighted by Crippen LogP contribution is 2.33. The van der Waals surface area contributed by atoms with Crippen molar-refractivity contribution in [1.29, 1.82) is 0 Å². The Balaban J connectivity index is 1.92. The van der Waals surface area contributed by atoms with Gasteiger partial charge in [-0.1, -0.05) is 0 Å². The Hall–Kier alpha value is -2.24. The van der Waals surface area contributed by atoms with Crippen molar-refractivity contribution in [3.8, 4) is 0 Å². The number of rotatable bonds is 2. The SMILES string of the molecule is Nc1nccc([C@@H]2CCCN2c2ncccn2)n1. The summed E-state index contributed by atoms with van der Waals surface area (Å²) in [6.07, 6.45) is 7.35. The van der Waals surface area contributed by atoms with Gasteiger partial charge in [0.15, 0.2) is 0 Å². The van der Waals surface area contributed by atoms with Crippen molar-refractivity contribution in [3.63, 3.8) is 0 Å². The van der Waals surface area contributed by atoms with Crippen molar-refractivity contribution in [3.05, 3.63) is 36.4 Å². The predicted molar refractivity (Wildman–Crippen MR) is 67.8 cm³/mol. The molecule has 18 heavy (non-hydrogen) atoms. The first-order valence-corrected chi connectivity index (χ1v) is 5.96. The summed E-state index contributed by atoms with van der Waals surface area (Å²) in [5.41, 5.74) is 6.58. The fourth-order valence-electron chi connectivity index (χ4n) is 2.33. The second kappa shape index (κ2) is 4.56. The van der Waals surface area contributed by atoms with Gasteiger partial charge in [0.25, 0.3) is 0 Å². The molecular formula is C12H14N6. The van der Waals surface area contributed by atoms with E-state index in [1.165, 1.54) is 0 Å². The lowest BCUT2D eigenvalue weighted by molar-refractivity contribution is 0.678. The molecule has 1 fully saturated rings. The van der Waals surface area contributed by atoms with E-state index < -0.39 is 0 Å². The van der Waals surface area contributed by atoms with E-state index in [2.05, 4.69) is 24.8 Å². The van der Waals surface area contributed by atoms with Gasteiger partial charge < -0.3 is 10.6 Å². The number of nitrogens with zero attached hydrogens (tertiary/aromatic N) is 5. The Labute approximate surface area is 105 Å². The summed E-state index contributed by atoms with van der Waals surface area (Å²) in [5.74, 6) is 1.06. The van der Waals surface area contributed by atoms with Gasteiger partial charge in [0, 0.05) is 25.1 Å². The van der Waals surface area contributed by atoms with Gasteiger partial charge in [-0.25, -0.2) is 19.9 Å². The van der Waals surface area contributed by atoms with Crippen molar-refractivity contribution < 1.29 is 0 Å². The third kappa shape index (κ3) is 1.97. The van der Waals surface area contributed by atoms with Gasteiger partial charge in [-0.3, -0.25) is 0 Å². The van der Waals surface area contributed by atoms with E-state index in [9.17, 15) is 0 Å². The van der Waals surface area contributed by atoms with Crippen LogP contribution in [0.2, 0.25) is 0 Å². The molecule has 0 aliphatic carbocycles. The first-order valence-electron chi connectivity index (χ1n) is 5.96. The highest BCUT2D eigenvalue weighted by Gasteiger charge is 2.28. The van der Waals surface area contributed by atoms with Crippen molar-refractivity contribution in [1.82, 2.24) is 19.9 Å². The molecule has 0 unspecified atom stereocenters. The fourth-order valence-corrected chi connectivity index (χ4v) is 2.33. The van der Waals surface area contributed by atoms with Gasteiger partial charge in [-0.15, -0.1) is 0 Å². The van der Waals surface area contributed by atoms with E-state index in [-0.39, 0.29) is 6.04 Å². The van der Waals surface area contributed by atoms with Crippen LogP contribution in [0.3, 0.4) is 0 Å². The van der Waals surface area contributed by atoms with Gasteiger partial charge in [0.05, 0.1) is 11.7 Å². The summed E-state index contributed by atoms with van der Waals surface area (Å²) in [5, 5.41) is 0. The quantitative estimate of drug-likeness (QED) is 0.852. The maximum atomic E-state index is 5.64. The third-order valence-corrected chi connectivity index (χ3v) is 3.10. The van der Waals surface area contributed by atoms with Gasteiger partial charge in [-0.2, -0.15) is 0 Å². The van der Waals surface area contributed by atoms with Gasteiger partial charge in [0.1, 0.15) is 0 Å². The molecule has 0 saturated carbocycles. The van der Waals surface area contributed by atoms with Crippen molar-refractivity contribution in [2.75, 3.05) is 17.2 Å². The molecule has 3 heterocycles. The van der Waals surface area contributed by atoms with Crippen LogP contribution in [0.25, 0.3) is 0 Å². The van der Waals surface area contributed by atoms with Crippen molar-refractivity contribution >= 4 is 11.9 Å². The monoisotopic (exact) mass is 242 g/mol. The van der Waals surface area contributed by atoms with Crippen LogP contribution in [0.5, 0.6) is 0 Å². The largest absolute Gasteiger partial charge is 0.368 e. The minimum absolute atomic E-state index is 0.192. The second-order valence-corrected chi connectivity index (χ2v) is 4.24. The summed E-state index contributed by atoms with van der Waals surface area (Å²) in [6, 6.07) is 3.91. The molecule has 6 heteroatoms. The Morgan fingerprint density at radius 3 is 2.78 bits per heavy atom. The zero-order valence-electron chi connectivity index (χ0n) is 9.90. The summed E-state index contributed by atoms with van der Waals surface area (Å²) < 4.78 is 0. The Bertz CT molecular complexity index is 529. The number of nitrogen functional groups attached to an aromatic ring is 1. The van der Waals surface area contributed by atoms with E-state index in [1.54, 1.807) is 18.6 Å². The van der Waals surface area contributed by atoms with E-state index in [0.29, 0.717) is 5.95 Å². The predicted octanol–water partition coefficient (Wildman–Crippen LogP) is 1.19. The van der Waals surface area contributed by atoms with E-state index in [1.807, 2.05) is 12.1 Å². The zero-order chi connectivity index (χ0) is 12.4. The van der Waals surface area contributed by atoms with Gasteiger partial charge in [-0.05, 0) is 25.0 Å². The first-order chi connectivity index (χ1) is 8.84. The number of anilines is 2. The maximum Gasteiger partial charge on any atom is 0.225 e. The number of hydrogen-bond acceptors (Lipinski definition) is 6. The van der Waals surface area contributed by atoms with Gasteiger partial charge in [0.2, 0.25) is 11.9 Å². The summed E-state index contributed by atoms with van der Waals surface area (Å²) >= 11 is 0. The summed E-state index contributed by atoms with van der Waals surface area (Å²) in [7, 11) is 0. The van der Waals surface area contributed by atoms with E-state index in [0.717, 1.165) is 31.0 Å². The van der Waals surface area contributed by atoms with Crippen molar-refractivity contribution in [2.24, 2.45) is 0 Å². The average Bonchev–Trinajstić information content (AvgIpc) is 2.89. The third-order valence-electron chi connectivity index (χ3n) is 3.10. The molecule has 3 rings (SSSR count). The number of nitrogens with two attached hydrogens (primary N) is 1. The summed E-state index contributed by atoms with van der Waals surface area (Å²) in [4.78, 5) is 19.0. The zero-order valence-corrected chi connectivity index (χ0v) is 9.90. The molecule has 0 amide bonds. The number of aromatic nitrogens is 4. The van der Waals surface area contributed by atoms with E-state index >= 15 is 0 Å². The summed E-state index contributed by atoms with van der Waals surface area (Å²) in [6.45, 7) is 0.943. The average molecular weight is 242 g/mol. The molecule has 6 nitrogen and oxygen atoms in total. The molecule has 1 atom stereocenters. The lowest BCUT2D eigenvalue weighted by Gasteiger charge is -2.23. The Kier molecular flexibility index (Phi) is 2.76. The van der Waals surface area contributed by atoms with Crippen LogP contribution in [0, 0.1) is 0 Å².